The molecule has 0 atom stereocenters. The van der Waals surface area contributed by atoms with Crippen LogP contribution in [0, 0.1) is 6.57 Å². The lowest BCUT2D eigenvalue weighted by molar-refractivity contribution is 0.326. The lowest BCUT2D eigenvalue weighted by Crippen LogP contribution is -2.11. The Morgan fingerprint density at radius 3 is 2.28 bits per heavy atom. The summed E-state index contributed by atoms with van der Waals surface area (Å²) in [4.78, 5) is 3.56. The van der Waals surface area contributed by atoms with Crippen molar-refractivity contribution in [2.45, 2.75) is 25.8 Å². The Kier molecular flexibility index (Phi) is 4.49. The zero-order valence-electron chi connectivity index (χ0n) is 10.8. The smallest absolute Gasteiger partial charge is 0.264 e. The maximum atomic E-state index is 10.8. The highest BCUT2D eigenvalue weighted by atomic mass is 32.2. The van der Waals surface area contributed by atoms with Crippen LogP contribution in [0.5, 0.6) is 0 Å². The predicted molar refractivity (Wildman–Crippen MR) is 70.6 cm³/mol. The number of hydrogen-bond donors (Lipinski definition) is 0. The molecule has 0 bridgehead atoms. The molecule has 1 aromatic rings. The van der Waals surface area contributed by atoms with Gasteiger partial charge in [0.1, 0.15) is 0 Å². The van der Waals surface area contributed by atoms with Gasteiger partial charge < -0.3 is 4.85 Å². The van der Waals surface area contributed by atoms with Gasteiger partial charge in [-0.15, -0.1) is 0 Å². The normalized spacial score (nSPS) is 12.1. The van der Waals surface area contributed by atoms with E-state index < -0.39 is 15.7 Å². The highest BCUT2D eigenvalue weighted by molar-refractivity contribution is 7.85. The molecule has 0 fully saturated rings. The fourth-order valence-corrected chi connectivity index (χ4v) is 1.84. The van der Waals surface area contributed by atoms with Crippen LogP contribution in [0.2, 0.25) is 0 Å². The summed E-state index contributed by atoms with van der Waals surface area (Å²) in [7, 11) is -3.37. The minimum Gasteiger partial charge on any atom is -0.306 e. The van der Waals surface area contributed by atoms with E-state index in [9.17, 15) is 8.42 Å². The summed E-state index contributed by atoms with van der Waals surface area (Å²) in [6, 6.07) is 7.59. The molecule has 1 rings (SSSR count). The highest BCUT2D eigenvalue weighted by Gasteiger charge is 2.25. The van der Waals surface area contributed by atoms with Crippen LogP contribution in [-0.4, -0.2) is 21.3 Å². The second kappa shape index (κ2) is 5.51. The molecule has 0 unspecified atom stereocenters. The maximum Gasteiger partial charge on any atom is 0.264 e. The van der Waals surface area contributed by atoms with Gasteiger partial charge in [-0.25, -0.2) is 6.57 Å². The second-order valence-corrected chi connectivity index (χ2v) is 6.29. The van der Waals surface area contributed by atoms with Crippen LogP contribution in [-0.2, 0) is 26.3 Å². The third-order valence-corrected chi connectivity index (χ3v) is 3.22. The molecular weight excluding hydrogens is 250 g/mol. The molecular formula is C13H17NO3S. The molecule has 0 aliphatic heterocycles. The fraction of sp³-hybridized carbons (Fsp3) is 0.462. The lowest BCUT2D eigenvalue weighted by atomic mass is 9.94. The van der Waals surface area contributed by atoms with Gasteiger partial charge in [0.15, 0.2) is 0 Å². The first-order valence-corrected chi connectivity index (χ1v) is 7.39. The number of nitrogens with zero attached hydrogens (tertiary/aromatic N) is 1. The van der Waals surface area contributed by atoms with Gasteiger partial charge in [0.2, 0.25) is 0 Å². The topological polar surface area (TPSA) is 47.7 Å². The average molecular weight is 267 g/mol. The van der Waals surface area contributed by atoms with Crippen LogP contribution in [0.3, 0.4) is 0 Å². The third-order valence-electron chi connectivity index (χ3n) is 2.63. The molecule has 0 aliphatic rings. The van der Waals surface area contributed by atoms with Gasteiger partial charge in [0.25, 0.3) is 15.7 Å². The summed E-state index contributed by atoms with van der Waals surface area (Å²) in [5.74, 6) is 0. The molecule has 4 nitrogen and oxygen atoms in total. The van der Waals surface area contributed by atoms with E-state index in [-0.39, 0.29) is 6.61 Å². The van der Waals surface area contributed by atoms with Gasteiger partial charge in [-0.2, -0.15) is 8.42 Å². The van der Waals surface area contributed by atoms with E-state index in [0.717, 1.165) is 17.4 Å². The van der Waals surface area contributed by atoms with Gasteiger partial charge in [0, 0.05) is 19.4 Å². The summed E-state index contributed by atoms with van der Waals surface area (Å²) >= 11 is 0. The van der Waals surface area contributed by atoms with Crippen molar-refractivity contribution < 1.29 is 12.6 Å². The van der Waals surface area contributed by atoms with Gasteiger partial charge >= 0.3 is 0 Å². The minimum atomic E-state index is -3.37. The Hall–Kier alpha value is -1.38. The first-order chi connectivity index (χ1) is 8.24. The van der Waals surface area contributed by atoms with E-state index in [1.807, 2.05) is 38.1 Å². The summed E-state index contributed by atoms with van der Waals surface area (Å²) < 4.78 is 26.3. The van der Waals surface area contributed by atoms with Crippen molar-refractivity contribution in [3.05, 3.63) is 46.8 Å². The predicted octanol–water partition coefficient (Wildman–Crippen LogP) is 2.36. The van der Waals surface area contributed by atoms with Crippen molar-refractivity contribution in [1.82, 2.24) is 0 Å². The Morgan fingerprint density at radius 1 is 1.28 bits per heavy atom. The largest absolute Gasteiger partial charge is 0.306 e. The van der Waals surface area contributed by atoms with Crippen molar-refractivity contribution >= 4 is 10.1 Å². The van der Waals surface area contributed by atoms with Gasteiger partial charge in [-0.1, -0.05) is 24.3 Å². The molecule has 0 saturated carbocycles. The summed E-state index contributed by atoms with van der Waals surface area (Å²) in [5.41, 5.74) is 1.41. The van der Waals surface area contributed by atoms with E-state index in [4.69, 9.17) is 6.57 Å². The fourth-order valence-electron chi connectivity index (χ4n) is 1.45. The molecule has 5 heteroatoms. The molecule has 0 aromatic heterocycles. The molecule has 0 amide bonds. The van der Waals surface area contributed by atoms with Crippen LogP contribution in [0.15, 0.2) is 24.3 Å². The highest BCUT2D eigenvalue weighted by Crippen LogP contribution is 2.24. The third kappa shape index (κ3) is 4.47. The summed E-state index contributed by atoms with van der Waals surface area (Å²) in [6.07, 6.45) is 1.57. The van der Waals surface area contributed by atoms with E-state index in [1.54, 1.807) is 0 Å². The Morgan fingerprint density at radius 2 is 1.83 bits per heavy atom. The van der Waals surface area contributed by atoms with Crippen LogP contribution < -0.4 is 0 Å². The molecule has 98 valence electrons. The molecule has 18 heavy (non-hydrogen) atoms. The molecule has 0 aliphatic carbocycles. The SMILES string of the molecule is [C-]#[N+]C(C)(C)c1ccc(CCOS(C)(=O)=O)cc1. The van der Waals surface area contributed by atoms with E-state index in [0.29, 0.717) is 6.42 Å². The standard InChI is InChI=1S/C13H17NO3S/c1-13(2,14-3)12-7-5-11(6-8-12)9-10-17-18(4,15)16/h5-8H,9-10H2,1-2,4H3. The Bertz CT molecular complexity index is 539. The van der Waals surface area contributed by atoms with Crippen molar-refractivity contribution in [2.24, 2.45) is 0 Å². The number of benzene rings is 1. The summed E-state index contributed by atoms with van der Waals surface area (Å²) in [6.45, 7) is 11.0. The monoisotopic (exact) mass is 267 g/mol. The second-order valence-electron chi connectivity index (χ2n) is 4.64. The first-order valence-electron chi connectivity index (χ1n) is 5.57. The van der Waals surface area contributed by atoms with E-state index in [1.165, 1.54) is 0 Å². The molecule has 0 heterocycles. The zero-order valence-corrected chi connectivity index (χ0v) is 11.6. The van der Waals surface area contributed by atoms with Gasteiger partial charge in [0.05, 0.1) is 12.9 Å². The van der Waals surface area contributed by atoms with E-state index >= 15 is 0 Å². The first kappa shape index (κ1) is 14.7. The summed E-state index contributed by atoms with van der Waals surface area (Å²) in [5, 5.41) is 0. The van der Waals surface area contributed by atoms with E-state index in [2.05, 4.69) is 9.03 Å². The number of hydrogen-bond acceptors (Lipinski definition) is 3. The maximum absolute atomic E-state index is 10.8. The van der Waals surface area contributed by atoms with Crippen LogP contribution in [0.4, 0.5) is 0 Å². The molecule has 0 radical (unpaired) electrons. The molecule has 0 saturated heterocycles. The molecule has 0 N–H and O–H groups in total. The molecule has 1 aromatic carbocycles. The lowest BCUT2D eigenvalue weighted by Gasteiger charge is -2.11. The van der Waals surface area contributed by atoms with Crippen LogP contribution >= 0.6 is 0 Å². The van der Waals surface area contributed by atoms with Crippen molar-refractivity contribution in [2.75, 3.05) is 12.9 Å². The van der Waals surface area contributed by atoms with Crippen molar-refractivity contribution in [3.8, 4) is 0 Å². The zero-order chi connectivity index (χ0) is 13.8. The molecule has 0 spiro atoms. The minimum absolute atomic E-state index is 0.143. The van der Waals surface area contributed by atoms with Crippen LogP contribution in [0.25, 0.3) is 4.85 Å². The average Bonchev–Trinajstić information content (AvgIpc) is 2.28. The van der Waals surface area contributed by atoms with Gasteiger partial charge in [-0.05, 0) is 12.0 Å². The van der Waals surface area contributed by atoms with Crippen molar-refractivity contribution in [3.63, 3.8) is 0 Å². The van der Waals surface area contributed by atoms with Gasteiger partial charge in [-0.3, -0.25) is 4.18 Å². The van der Waals surface area contributed by atoms with Crippen molar-refractivity contribution in [1.29, 1.82) is 0 Å². The quantitative estimate of drug-likeness (QED) is 0.608. The number of rotatable bonds is 5. The Balaban J connectivity index is 2.65. The van der Waals surface area contributed by atoms with Crippen LogP contribution in [0.1, 0.15) is 25.0 Å². The Labute approximate surface area is 109 Å².